The molecular weight excluding hydrogens is 258 g/mol. The lowest BCUT2D eigenvalue weighted by Crippen LogP contribution is -2.41. The monoisotopic (exact) mass is 289 g/mol. The Balaban J connectivity index is 2.17. The highest BCUT2D eigenvalue weighted by atomic mass is 16.3. The van der Waals surface area contributed by atoms with Crippen LogP contribution in [0.5, 0.6) is 0 Å². The second-order valence-corrected chi connectivity index (χ2v) is 6.91. The maximum absolute atomic E-state index is 10.9. The third-order valence-electron chi connectivity index (χ3n) is 5.30. The van der Waals surface area contributed by atoms with Crippen molar-refractivity contribution in [1.29, 1.82) is 0 Å². The van der Waals surface area contributed by atoms with Gasteiger partial charge in [0, 0.05) is 12.1 Å². The second kappa shape index (κ2) is 6.93. The van der Waals surface area contributed by atoms with E-state index in [1.807, 2.05) is 0 Å². The minimum atomic E-state index is -0.425. The van der Waals surface area contributed by atoms with Crippen molar-refractivity contribution in [3.8, 4) is 0 Å². The minimum Gasteiger partial charge on any atom is -0.387 e. The lowest BCUT2D eigenvalue weighted by Gasteiger charge is -2.31. The van der Waals surface area contributed by atoms with Crippen LogP contribution in [0.15, 0.2) is 6.07 Å². The molecular formula is C19H31NO. The van der Waals surface area contributed by atoms with Crippen molar-refractivity contribution < 1.29 is 5.11 Å². The third-order valence-corrected chi connectivity index (χ3v) is 5.30. The molecule has 0 bridgehead atoms. The SMILES string of the molecule is Cc1cc(C)c(C)c(C(O)C(C)NC2CCCCC2)c1C. The van der Waals surface area contributed by atoms with Gasteiger partial charge in [-0.2, -0.15) is 0 Å². The summed E-state index contributed by atoms with van der Waals surface area (Å²) in [6.45, 7) is 10.7. The zero-order chi connectivity index (χ0) is 15.6. The fraction of sp³-hybridized carbons (Fsp3) is 0.684. The molecule has 118 valence electrons. The van der Waals surface area contributed by atoms with E-state index >= 15 is 0 Å². The van der Waals surface area contributed by atoms with E-state index in [2.05, 4.69) is 46.0 Å². The molecule has 2 atom stereocenters. The first-order valence-electron chi connectivity index (χ1n) is 8.43. The van der Waals surface area contributed by atoms with Gasteiger partial charge in [0.25, 0.3) is 0 Å². The van der Waals surface area contributed by atoms with Crippen LogP contribution in [0.4, 0.5) is 0 Å². The number of nitrogens with one attached hydrogen (secondary N) is 1. The molecule has 2 unspecified atom stereocenters. The molecule has 0 aromatic heterocycles. The van der Waals surface area contributed by atoms with Crippen molar-refractivity contribution in [2.45, 2.75) is 84.9 Å². The lowest BCUT2D eigenvalue weighted by molar-refractivity contribution is 0.123. The van der Waals surface area contributed by atoms with E-state index in [-0.39, 0.29) is 6.04 Å². The molecule has 2 heteroatoms. The van der Waals surface area contributed by atoms with E-state index in [0.717, 1.165) is 5.56 Å². The molecule has 0 heterocycles. The van der Waals surface area contributed by atoms with Gasteiger partial charge >= 0.3 is 0 Å². The number of aliphatic hydroxyl groups excluding tert-OH is 1. The molecule has 21 heavy (non-hydrogen) atoms. The van der Waals surface area contributed by atoms with Gasteiger partial charge in [0.05, 0.1) is 6.10 Å². The van der Waals surface area contributed by atoms with Crippen molar-refractivity contribution >= 4 is 0 Å². The van der Waals surface area contributed by atoms with Crippen molar-refractivity contribution in [3.05, 3.63) is 33.9 Å². The Morgan fingerprint density at radius 3 is 2.05 bits per heavy atom. The number of rotatable bonds is 4. The second-order valence-electron chi connectivity index (χ2n) is 6.91. The summed E-state index contributed by atoms with van der Waals surface area (Å²) in [6, 6.07) is 2.90. The van der Waals surface area contributed by atoms with Crippen LogP contribution >= 0.6 is 0 Å². The van der Waals surface area contributed by atoms with Crippen LogP contribution in [0.25, 0.3) is 0 Å². The highest BCUT2D eigenvalue weighted by molar-refractivity contribution is 5.45. The topological polar surface area (TPSA) is 32.3 Å². The van der Waals surface area contributed by atoms with E-state index in [1.165, 1.54) is 54.4 Å². The van der Waals surface area contributed by atoms with Gasteiger partial charge in [0.1, 0.15) is 0 Å². The van der Waals surface area contributed by atoms with Gasteiger partial charge < -0.3 is 10.4 Å². The molecule has 2 nitrogen and oxygen atoms in total. The van der Waals surface area contributed by atoms with Crippen LogP contribution in [-0.4, -0.2) is 17.2 Å². The summed E-state index contributed by atoms with van der Waals surface area (Å²) in [5.74, 6) is 0. The largest absolute Gasteiger partial charge is 0.387 e. The number of aryl methyl sites for hydroxylation is 2. The Kier molecular flexibility index (Phi) is 5.45. The molecule has 1 aromatic rings. The van der Waals surface area contributed by atoms with Gasteiger partial charge in [-0.3, -0.25) is 0 Å². The van der Waals surface area contributed by atoms with Gasteiger partial charge in [-0.25, -0.2) is 0 Å². The minimum absolute atomic E-state index is 0.103. The Labute approximate surface area is 130 Å². The Bertz CT molecular complexity index is 463. The third kappa shape index (κ3) is 3.67. The zero-order valence-corrected chi connectivity index (χ0v) is 14.3. The summed E-state index contributed by atoms with van der Waals surface area (Å²) in [4.78, 5) is 0. The van der Waals surface area contributed by atoms with Gasteiger partial charge in [-0.15, -0.1) is 0 Å². The molecule has 2 rings (SSSR count). The summed E-state index contributed by atoms with van der Waals surface area (Å²) < 4.78 is 0. The summed E-state index contributed by atoms with van der Waals surface area (Å²) in [7, 11) is 0. The first kappa shape index (κ1) is 16.5. The Hall–Kier alpha value is -0.860. The fourth-order valence-corrected chi connectivity index (χ4v) is 3.67. The number of hydrogen-bond acceptors (Lipinski definition) is 2. The molecule has 0 amide bonds. The zero-order valence-electron chi connectivity index (χ0n) is 14.3. The smallest absolute Gasteiger partial charge is 0.0945 e. The maximum atomic E-state index is 10.9. The average Bonchev–Trinajstić information content (AvgIpc) is 2.46. The van der Waals surface area contributed by atoms with Crippen LogP contribution in [-0.2, 0) is 0 Å². The first-order valence-corrected chi connectivity index (χ1v) is 8.43. The average molecular weight is 289 g/mol. The van der Waals surface area contributed by atoms with Crippen molar-refractivity contribution in [3.63, 3.8) is 0 Å². The van der Waals surface area contributed by atoms with Gasteiger partial charge in [0.2, 0.25) is 0 Å². The van der Waals surface area contributed by atoms with E-state index in [0.29, 0.717) is 6.04 Å². The van der Waals surface area contributed by atoms with E-state index in [4.69, 9.17) is 0 Å². The molecule has 1 aromatic carbocycles. The normalized spacial score (nSPS) is 19.5. The highest BCUT2D eigenvalue weighted by Gasteiger charge is 2.24. The summed E-state index contributed by atoms with van der Waals surface area (Å²) >= 11 is 0. The molecule has 0 saturated heterocycles. The van der Waals surface area contributed by atoms with Crippen LogP contribution in [0.1, 0.15) is 72.9 Å². The van der Waals surface area contributed by atoms with Gasteiger partial charge in [0.15, 0.2) is 0 Å². The summed E-state index contributed by atoms with van der Waals surface area (Å²) in [6.07, 6.45) is 6.09. The molecule has 2 N–H and O–H groups in total. The lowest BCUT2D eigenvalue weighted by atomic mass is 9.88. The Morgan fingerprint density at radius 2 is 1.52 bits per heavy atom. The predicted molar refractivity (Wildman–Crippen MR) is 89.8 cm³/mol. The number of aliphatic hydroxyl groups is 1. The predicted octanol–water partition coefficient (Wildman–Crippen LogP) is 4.26. The van der Waals surface area contributed by atoms with Gasteiger partial charge in [-0.05, 0) is 75.3 Å². The molecule has 0 spiro atoms. The van der Waals surface area contributed by atoms with Crippen molar-refractivity contribution in [2.75, 3.05) is 0 Å². The summed E-state index contributed by atoms with van der Waals surface area (Å²) in [5.41, 5.74) is 6.16. The quantitative estimate of drug-likeness (QED) is 0.868. The van der Waals surface area contributed by atoms with E-state index < -0.39 is 6.10 Å². The molecule has 1 aliphatic rings. The number of hydrogen-bond donors (Lipinski definition) is 2. The van der Waals surface area contributed by atoms with Crippen molar-refractivity contribution in [2.24, 2.45) is 0 Å². The fourth-order valence-electron chi connectivity index (χ4n) is 3.67. The maximum Gasteiger partial charge on any atom is 0.0945 e. The van der Waals surface area contributed by atoms with Gasteiger partial charge in [-0.1, -0.05) is 25.3 Å². The van der Waals surface area contributed by atoms with Crippen molar-refractivity contribution in [1.82, 2.24) is 5.32 Å². The van der Waals surface area contributed by atoms with Crippen LogP contribution < -0.4 is 5.32 Å². The van der Waals surface area contributed by atoms with E-state index in [1.54, 1.807) is 0 Å². The summed E-state index contributed by atoms with van der Waals surface area (Å²) in [5, 5.41) is 14.5. The standard InChI is InChI=1S/C19H31NO/c1-12-11-13(2)15(4)18(14(12)3)19(21)16(5)20-17-9-7-6-8-10-17/h11,16-17,19-21H,6-10H2,1-5H3. The number of benzene rings is 1. The first-order chi connectivity index (χ1) is 9.91. The van der Waals surface area contributed by atoms with Crippen LogP contribution in [0, 0.1) is 27.7 Å². The van der Waals surface area contributed by atoms with E-state index in [9.17, 15) is 5.11 Å². The van der Waals surface area contributed by atoms with Crippen LogP contribution in [0.2, 0.25) is 0 Å². The molecule has 1 fully saturated rings. The van der Waals surface area contributed by atoms with Crippen LogP contribution in [0.3, 0.4) is 0 Å². The Morgan fingerprint density at radius 1 is 1.00 bits per heavy atom. The molecule has 0 radical (unpaired) electrons. The molecule has 1 aliphatic carbocycles. The molecule has 1 saturated carbocycles. The molecule has 0 aliphatic heterocycles. The highest BCUT2D eigenvalue weighted by Crippen LogP contribution is 2.30.